The number of piperazine rings is 1. The third-order valence-electron chi connectivity index (χ3n) is 5.14. The number of aromatic amines is 1. The van der Waals surface area contributed by atoms with Crippen LogP contribution in [0, 0.1) is 0 Å². The van der Waals surface area contributed by atoms with Crippen molar-refractivity contribution in [2.24, 2.45) is 4.99 Å². The van der Waals surface area contributed by atoms with Gasteiger partial charge >= 0.3 is 0 Å². The van der Waals surface area contributed by atoms with Crippen LogP contribution >= 0.6 is 0 Å². The number of hydrogen-bond acceptors (Lipinski definition) is 3. The molecule has 0 atom stereocenters. The van der Waals surface area contributed by atoms with Crippen LogP contribution in [0.5, 0.6) is 0 Å². The van der Waals surface area contributed by atoms with Gasteiger partial charge in [0.05, 0.1) is 5.56 Å². The molecule has 0 saturated carbocycles. The SMILES string of the molecule is C/N=C(\c1ccccc1)N1CCN(C(=O)C(=O)c2c[nH]c3ccccc23)CC1. The van der Waals surface area contributed by atoms with Crippen molar-refractivity contribution in [3.05, 3.63) is 71.9 Å². The minimum Gasteiger partial charge on any atom is -0.360 e. The van der Waals surface area contributed by atoms with E-state index in [0.717, 1.165) is 22.3 Å². The number of aliphatic imine (C=N–C) groups is 1. The number of benzene rings is 2. The average molecular weight is 374 g/mol. The number of nitrogens with one attached hydrogen (secondary N) is 1. The quantitative estimate of drug-likeness (QED) is 0.332. The van der Waals surface area contributed by atoms with Gasteiger partial charge in [-0.15, -0.1) is 0 Å². The molecule has 1 amide bonds. The molecular weight excluding hydrogens is 352 g/mol. The van der Waals surface area contributed by atoms with Gasteiger partial charge in [0.15, 0.2) is 0 Å². The lowest BCUT2D eigenvalue weighted by Crippen LogP contribution is -2.52. The number of amidine groups is 1. The standard InChI is InChI=1S/C22H22N4O2/c1-23-21(16-7-3-2-4-8-16)25-11-13-26(14-12-25)22(28)20(27)18-15-24-19-10-6-5-9-17(18)19/h2-10,15,24H,11-14H2,1H3/b23-21+. The van der Waals surface area contributed by atoms with Gasteiger partial charge in [-0.1, -0.05) is 48.5 Å². The first-order valence-corrected chi connectivity index (χ1v) is 9.36. The maximum Gasteiger partial charge on any atom is 0.295 e. The Bertz CT molecular complexity index is 1030. The number of ketones is 1. The van der Waals surface area contributed by atoms with E-state index in [1.165, 1.54) is 0 Å². The van der Waals surface area contributed by atoms with Gasteiger partial charge in [-0.3, -0.25) is 14.6 Å². The number of hydrogen-bond donors (Lipinski definition) is 1. The molecule has 142 valence electrons. The molecule has 3 aromatic rings. The van der Waals surface area contributed by atoms with Crippen molar-refractivity contribution in [3.63, 3.8) is 0 Å². The minimum absolute atomic E-state index is 0.433. The molecule has 0 bridgehead atoms. The molecule has 0 spiro atoms. The third-order valence-corrected chi connectivity index (χ3v) is 5.14. The highest BCUT2D eigenvalue weighted by Crippen LogP contribution is 2.19. The molecule has 0 radical (unpaired) electrons. The van der Waals surface area contributed by atoms with Gasteiger partial charge < -0.3 is 14.8 Å². The molecule has 1 aliphatic rings. The van der Waals surface area contributed by atoms with Crippen LogP contribution in [0.4, 0.5) is 0 Å². The Balaban J connectivity index is 1.45. The Kier molecular flexibility index (Phi) is 4.93. The van der Waals surface area contributed by atoms with Gasteiger partial charge in [0.1, 0.15) is 5.84 Å². The predicted octanol–water partition coefficient (Wildman–Crippen LogP) is 2.57. The van der Waals surface area contributed by atoms with Crippen molar-refractivity contribution >= 4 is 28.4 Å². The van der Waals surface area contributed by atoms with Gasteiger partial charge in [-0.25, -0.2) is 0 Å². The van der Waals surface area contributed by atoms with Crippen molar-refractivity contribution in [2.75, 3.05) is 33.2 Å². The lowest BCUT2D eigenvalue weighted by atomic mass is 10.1. The number of H-pyrrole nitrogens is 1. The van der Waals surface area contributed by atoms with Crippen LogP contribution in [0.2, 0.25) is 0 Å². The summed E-state index contributed by atoms with van der Waals surface area (Å²) in [7, 11) is 1.78. The van der Waals surface area contributed by atoms with Gasteiger partial charge in [0, 0.05) is 55.9 Å². The van der Waals surface area contributed by atoms with E-state index in [4.69, 9.17) is 0 Å². The molecular formula is C22H22N4O2. The molecule has 1 aliphatic heterocycles. The lowest BCUT2D eigenvalue weighted by Gasteiger charge is -2.36. The third kappa shape index (κ3) is 3.29. The Labute approximate surface area is 163 Å². The zero-order valence-corrected chi connectivity index (χ0v) is 15.8. The van der Waals surface area contributed by atoms with E-state index in [0.29, 0.717) is 31.7 Å². The summed E-state index contributed by atoms with van der Waals surface area (Å²) in [5.74, 6) is 0.00750. The first kappa shape index (κ1) is 18.0. The summed E-state index contributed by atoms with van der Waals surface area (Å²) in [5.41, 5.74) is 2.35. The lowest BCUT2D eigenvalue weighted by molar-refractivity contribution is -0.127. The Morgan fingerprint density at radius 2 is 1.54 bits per heavy atom. The zero-order chi connectivity index (χ0) is 19.5. The van der Waals surface area contributed by atoms with Crippen molar-refractivity contribution in [3.8, 4) is 0 Å². The molecule has 6 nitrogen and oxygen atoms in total. The van der Waals surface area contributed by atoms with Gasteiger partial charge in [0.2, 0.25) is 0 Å². The second-order valence-corrected chi connectivity index (χ2v) is 6.77. The fourth-order valence-corrected chi connectivity index (χ4v) is 3.68. The number of para-hydroxylation sites is 1. The molecule has 4 rings (SSSR count). The molecule has 28 heavy (non-hydrogen) atoms. The minimum atomic E-state index is -0.460. The second kappa shape index (κ2) is 7.68. The van der Waals surface area contributed by atoms with E-state index in [2.05, 4.69) is 14.9 Å². The number of aromatic nitrogens is 1. The van der Waals surface area contributed by atoms with Gasteiger partial charge in [-0.2, -0.15) is 0 Å². The Hall–Kier alpha value is -3.41. The van der Waals surface area contributed by atoms with E-state index in [1.54, 1.807) is 18.1 Å². The topological polar surface area (TPSA) is 68.8 Å². The maximum atomic E-state index is 12.8. The number of Topliss-reactive ketones (excluding diaryl/α,β-unsaturated/α-hetero) is 1. The van der Waals surface area contributed by atoms with E-state index in [-0.39, 0.29) is 0 Å². The summed E-state index contributed by atoms with van der Waals surface area (Å²) in [6.07, 6.45) is 1.62. The highest BCUT2D eigenvalue weighted by molar-refractivity contribution is 6.44. The summed E-state index contributed by atoms with van der Waals surface area (Å²) in [4.78, 5) is 36.8. The smallest absolute Gasteiger partial charge is 0.295 e. The van der Waals surface area contributed by atoms with Gasteiger partial charge in [0.25, 0.3) is 11.7 Å². The van der Waals surface area contributed by atoms with E-state index in [9.17, 15) is 9.59 Å². The van der Waals surface area contributed by atoms with E-state index in [1.807, 2.05) is 54.6 Å². The largest absolute Gasteiger partial charge is 0.360 e. The fraction of sp³-hybridized carbons (Fsp3) is 0.227. The molecule has 1 fully saturated rings. The molecule has 1 N–H and O–H groups in total. The first-order valence-electron chi connectivity index (χ1n) is 9.36. The van der Waals surface area contributed by atoms with Crippen LogP contribution < -0.4 is 0 Å². The molecule has 0 unspecified atom stereocenters. The number of fused-ring (bicyclic) bond motifs is 1. The Morgan fingerprint density at radius 1 is 0.893 bits per heavy atom. The molecule has 1 aromatic heterocycles. The van der Waals surface area contributed by atoms with Gasteiger partial charge in [-0.05, 0) is 6.07 Å². The summed E-state index contributed by atoms with van der Waals surface area (Å²) in [6.45, 7) is 2.29. The van der Waals surface area contributed by atoms with Crippen molar-refractivity contribution < 1.29 is 9.59 Å². The van der Waals surface area contributed by atoms with Crippen LogP contribution in [0.15, 0.2) is 65.8 Å². The molecule has 1 saturated heterocycles. The summed E-state index contributed by atoms with van der Waals surface area (Å²) in [6, 6.07) is 17.5. The Morgan fingerprint density at radius 3 is 2.25 bits per heavy atom. The van der Waals surface area contributed by atoms with Crippen LogP contribution in [0.1, 0.15) is 15.9 Å². The normalized spacial score (nSPS) is 15.1. The van der Waals surface area contributed by atoms with Crippen LogP contribution in [-0.4, -0.2) is 65.5 Å². The molecule has 2 heterocycles. The maximum absolute atomic E-state index is 12.8. The molecule has 6 heteroatoms. The summed E-state index contributed by atoms with van der Waals surface area (Å²) >= 11 is 0. The molecule has 0 aliphatic carbocycles. The van der Waals surface area contributed by atoms with Crippen molar-refractivity contribution in [2.45, 2.75) is 0 Å². The monoisotopic (exact) mass is 374 g/mol. The average Bonchev–Trinajstić information content (AvgIpc) is 3.19. The van der Waals surface area contributed by atoms with Crippen LogP contribution in [0.25, 0.3) is 10.9 Å². The number of rotatable bonds is 3. The van der Waals surface area contributed by atoms with E-state index >= 15 is 0 Å². The summed E-state index contributed by atoms with van der Waals surface area (Å²) in [5, 5.41) is 0.781. The molecule has 2 aromatic carbocycles. The highest BCUT2D eigenvalue weighted by Gasteiger charge is 2.29. The summed E-state index contributed by atoms with van der Waals surface area (Å²) < 4.78 is 0. The highest BCUT2D eigenvalue weighted by atomic mass is 16.2. The first-order chi connectivity index (χ1) is 13.7. The van der Waals surface area contributed by atoms with E-state index < -0.39 is 11.7 Å². The fourth-order valence-electron chi connectivity index (χ4n) is 3.68. The predicted molar refractivity (Wildman–Crippen MR) is 110 cm³/mol. The zero-order valence-electron chi connectivity index (χ0n) is 15.8. The number of carbonyl (C=O) groups is 2. The number of carbonyl (C=O) groups excluding carboxylic acids is 2. The van der Waals surface area contributed by atoms with Crippen LogP contribution in [0.3, 0.4) is 0 Å². The number of nitrogens with zero attached hydrogens (tertiary/aromatic N) is 3. The second-order valence-electron chi connectivity index (χ2n) is 6.77. The van der Waals surface area contributed by atoms with Crippen LogP contribution in [-0.2, 0) is 4.79 Å². The van der Waals surface area contributed by atoms with Crippen molar-refractivity contribution in [1.82, 2.24) is 14.8 Å². The van der Waals surface area contributed by atoms with Crippen molar-refractivity contribution in [1.29, 1.82) is 0 Å². The number of amides is 1.